The molecular weight excluding hydrogens is 314 g/mol. The molecule has 136 valence electrons. The molecule has 0 spiro atoms. The monoisotopic (exact) mass is 343 g/mol. The van der Waals surface area contributed by atoms with E-state index in [9.17, 15) is 4.79 Å². The molecule has 0 fully saturated rings. The number of fused-ring (bicyclic) bond motifs is 1. The molecule has 25 heavy (non-hydrogen) atoms. The highest BCUT2D eigenvalue weighted by Crippen LogP contribution is 2.33. The smallest absolute Gasteiger partial charge is 0.256 e. The zero-order valence-electron chi connectivity index (χ0n) is 15.9. The minimum Gasteiger partial charge on any atom is -0.490 e. The molecule has 0 unspecified atom stereocenters. The van der Waals surface area contributed by atoms with Gasteiger partial charge in [-0.2, -0.15) is 0 Å². The van der Waals surface area contributed by atoms with Crippen LogP contribution in [0.1, 0.15) is 47.0 Å². The Morgan fingerprint density at radius 2 is 1.84 bits per heavy atom. The van der Waals surface area contributed by atoms with Crippen molar-refractivity contribution in [2.45, 2.75) is 58.7 Å². The molecule has 0 saturated heterocycles. The lowest BCUT2D eigenvalue weighted by Crippen LogP contribution is -2.41. The number of anilines is 1. The van der Waals surface area contributed by atoms with Gasteiger partial charge in [0, 0.05) is 23.6 Å². The largest absolute Gasteiger partial charge is 0.490 e. The van der Waals surface area contributed by atoms with Crippen LogP contribution in [0.25, 0.3) is 10.8 Å². The summed E-state index contributed by atoms with van der Waals surface area (Å²) in [6.45, 7) is 8.02. The van der Waals surface area contributed by atoms with E-state index in [4.69, 9.17) is 9.47 Å². The molecule has 2 rings (SSSR count). The van der Waals surface area contributed by atoms with E-state index in [2.05, 4.69) is 19.2 Å². The van der Waals surface area contributed by atoms with Gasteiger partial charge in [0.25, 0.3) is 5.91 Å². The second-order valence-corrected chi connectivity index (χ2v) is 6.63. The van der Waals surface area contributed by atoms with E-state index < -0.39 is 5.60 Å². The van der Waals surface area contributed by atoms with Crippen molar-refractivity contribution >= 4 is 22.4 Å². The summed E-state index contributed by atoms with van der Waals surface area (Å²) in [4.78, 5) is 12.7. The molecular formula is C21H29NO3. The second kappa shape index (κ2) is 8.34. The lowest BCUT2D eigenvalue weighted by atomic mass is 9.98. The van der Waals surface area contributed by atoms with Crippen LogP contribution >= 0.6 is 0 Å². The summed E-state index contributed by atoms with van der Waals surface area (Å²) in [6.07, 6.45) is 2.63. The van der Waals surface area contributed by atoms with E-state index >= 15 is 0 Å². The SMILES string of the molecule is CCC[C@](C)(OC)C(=O)Nc1ccc(O[C@@H](C)CC)c2ccccc12. The van der Waals surface area contributed by atoms with Crippen molar-refractivity contribution < 1.29 is 14.3 Å². The summed E-state index contributed by atoms with van der Waals surface area (Å²) in [5, 5.41) is 5.00. The maximum Gasteiger partial charge on any atom is 0.256 e. The van der Waals surface area contributed by atoms with Gasteiger partial charge in [0.2, 0.25) is 0 Å². The summed E-state index contributed by atoms with van der Waals surface area (Å²) in [6, 6.07) is 11.8. The average Bonchev–Trinajstić information content (AvgIpc) is 2.63. The maximum absolute atomic E-state index is 12.7. The molecule has 4 nitrogen and oxygen atoms in total. The van der Waals surface area contributed by atoms with E-state index in [0.29, 0.717) is 6.42 Å². The Morgan fingerprint density at radius 1 is 1.16 bits per heavy atom. The molecule has 2 aromatic carbocycles. The summed E-state index contributed by atoms with van der Waals surface area (Å²) in [5.41, 5.74) is -0.0571. The van der Waals surface area contributed by atoms with Crippen molar-refractivity contribution in [3.63, 3.8) is 0 Å². The van der Waals surface area contributed by atoms with Crippen molar-refractivity contribution in [1.82, 2.24) is 0 Å². The number of benzene rings is 2. The molecule has 0 saturated carbocycles. The number of amides is 1. The Labute approximate surface area is 150 Å². The fraction of sp³-hybridized carbons (Fsp3) is 0.476. The maximum atomic E-state index is 12.7. The first-order valence-corrected chi connectivity index (χ1v) is 9.00. The molecule has 0 aliphatic rings. The Balaban J connectivity index is 2.37. The van der Waals surface area contributed by atoms with Gasteiger partial charge in [0.15, 0.2) is 0 Å². The first kappa shape index (κ1) is 19.3. The summed E-state index contributed by atoms with van der Waals surface area (Å²) in [7, 11) is 1.58. The number of carbonyl (C=O) groups is 1. The molecule has 0 radical (unpaired) electrons. The highest BCUT2D eigenvalue weighted by Gasteiger charge is 2.32. The zero-order chi connectivity index (χ0) is 18.4. The number of hydrogen-bond donors (Lipinski definition) is 1. The molecule has 2 atom stereocenters. The lowest BCUT2D eigenvalue weighted by Gasteiger charge is -2.27. The van der Waals surface area contributed by atoms with Crippen LogP contribution in [0.3, 0.4) is 0 Å². The highest BCUT2D eigenvalue weighted by atomic mass is 16.5. The standard InChI is InChI=1S/C21H29NO3/c1-6-14-21(4,24-5)20(23)22-18-12-13-19(25-15(3)7-2)17-11-9-8-10-16(17)18/h8-13,15H,6-7,14H2,1-5H3,(H,22,23)/t15-,21-/m0/s1. The second-order valence-electron chi connectivity index (χ2n) is 6.63. The predicted octanol–water partition coefficient (Wildman–Crippen LogP) is 5.16. The fourth-order valence-electron chi connectivity index (χ4n) is 2.82. The number of nitrogens with one attached hydrogen (secondary N) is 1. The molecule has 2 aromatic rings. The van der Waals surface area contributed by atoms with Crippen LogP contribution in [0.4, 0.5) is 5.69 Å². The van der Waals surface area contributed by atoms with E-state index in [-0.39, 0.29) is 12.0 Å². The van der Waals surface area contributed by atoms with Crippen molar-refractivity contribution in [2.24, 2.45) is 0 Å². The first-order chi connectivity index (χ1) is 11.9. The van der Waals surface area contributed by atoms with Gasteiger partial charge in [-0.05, 0) is 38.8 Å². The molecule has 0 aliphatic carbocycles. The van der Waals surface area contributed by atoms with Crippen LogP contribution in [-0.4, -0.2) is 24.7 Å². The Kier molecular flexibility index (Phi) is 6.43. The molecule has 0 heterocycles. The number of methoxy groups -OCH3 is 1. The Morgan fingerprint density at radius 3 is 2.44 bits per heavy atom. The minimum absolute atomic E-state index is 0.127. The molecule has 0 aromatic heterocycles. The van der Waals surface area contributed by atoms with E-state index in [1.807, 2.05) is 50.2 Å². The van der Waals surface area contributed by atoms with Crippen molar-refractivity contribution in [3.05, 3.63) is 36.4 Å². The van der Waals surface area contributed by atoms with Crippen LogP contribution in [0.15, 0.2) is 36.4 Å². The van der Waals surface area contributed by atoms with Gasteiger partial charge in [-0.25, -0.2) is 0 Å². The zero-order valence-corrected chi connectivity index (χ0v) is 15.9. The van der Waals surface area contributed by atoms with Gasteiger partial charge in [-0.15, -0.1) is 0 Å². The number of carbonyl (C=O) groups excluding carboxylic acids is 1. The molecule has 1 N–H and O–H groups in total. The molecule has 1 amide bonds. The topological polar surface area (TPSA) is 47.6 Å². The summed E-state index contributed by atoms with van der Waals surface area (Å²) in [5.74, 6) is 0.712. The Bertz CT molecular complexity index is 728. The quantitative estimate of drug-likeness (QED) is 0.720. The van der Waals surface area contributed by atoms with Crippen LogP contribution < -0.4 is 10.1 Å². The highest BCUT2D eigenvalue weighted by molar-refractivity contribution is 6.06. The molecule has 0 aliphatic heterocycles. The van der Waals surface area contributed by atoms with Crippen LogP contribution in [0, 0.1) is 0 Å². The van der Waals surface area contributed by atoms with E-state index in [0.717, 1.165) is 35.1 Å². The fourth-order valence-corrected chi connectivity index (χ4v) is 2.82. The van der Waals surface area contributed by atoms with Gasteiger partial charge in [0.1, 0.15) is 11.4 Å². The number of hydrogen-bond acceptors (Lipinski definition) is 3. The van der Waals surface area contributed by atoms with Gasteiger partial charge >= 0.3 is 0 Å². The van der Waals surface area contributed by atoms with E-state index in [1.165, 1.54) is 0 Å². The van der Waals surface area contributed by atoms with Crippen LogP contribution in [0.2, 0.25) is 0 Å². The normalized spacial score (nSPS) is 14.8. The molecule has 0 bridgehead atoms. The van der Waals surface area contributed by atoms with Gasteiger partial charge in [-0.1, -0.05) is 44.5 Å². The van der Waals surface area contributed by atoms with Crippen molar-refractivity contribution in [2.75, 3.05) is 12.4 Å². The molecule has 4 heteroatoms. The van der Waals surface area contributed by atoms with Gasteiger partial charge in [0.05, 0.1) is 6.10 Å². The van der Waals surface area contributed by atoms with E-state index in [1.54, 1.807) is 7.11 Å². The van der Waals surface area contributed by atoms with Crippen LogP contribution in [0.5, 0.6) is 5.75 Å². The first-order valence-electron chi connectivity index (χ1n) is 9.00. The van der Waals surface area contributed by atoms with Crippen LogP contribution in [-0.2, 0) is 9.53 Å². The predicted molar refractivity (Wildman–Crippen MR) is 103 cm³/mol. The Hall–Kier alpha value is -2.07. The lowest BCUT2D eigenvalue weighted by molar-refractivity contribution is -0.136. The number of rotatable bonds is 8. The number of ether oxygens (including phenoxy) is 2. The van der Waals surface area contributed by atoms with Gasteiger partial charge < -0.3 is 14.8 Å². The average molecular weight is 343 g/mol. The third-order valence-corrected chi connectivity index (χ3v) is 4.69. The third-order valence-electron chi connectivity index (χ3n) is 4.69. The summed E-state index contributed by atoms with van der Waals surface area (Å²) < 4.78 is 11.5. The minimum atomic E-state index is -0.832. The van der Waals surface area contributed by atoms with Crippen molar-refractivity contribution in [1.29, 1.82) is 0 Å². The summed E-state index contributed by atoms with van der Waals surface area (Å²) >= 11 is 0. The van der Waals surface area contributed by atoms with Crippen molar-refractivity contribution in [3.8, 4) is 5.75 Å². The third kappa shape index (κ3) is 4.31. The van der Waals surface area contributed by atoms with Gasteiger partial charge in [-0.3, -0.25) is 4.79 Å².